The van der Waals surface area contributed by atoms with Crippen LogP contribution in [0.1, 0.15) is 22.3 Å². The highest BCUT2D eigenvalue weighted by atomic mass is 32.1. The molecular formula is C58H37N3S. The Morgan fingerprint density at radius 2 is 0.790 bits per heavy atom. The molecule has 9 aromatic carbocycles. The van der Waals surface area contributed by atoms with Crippen molar-refractivity contribution in [3.8, 4) is 67.5 Å². The van der Waals surface area contributed by atoms with Crippen LogP contribution in [0.15, 0.2) is 224 Å². The second-order valence-corrected chi connectivity index (χ2v) is 16.9. The van der Waals surface area contributed by atoms with E-state index in [0.717, 1.165) is 33.4 Å². The van der Waals surface area contributed by atoms with E-state index in [1.807, 2.05) is 11.3 Å². The third kappa shape index (κ3) is 5.68. The molecule has 0 saturated carbocycles. The van der Waals surface area contributed by atoms with Gasteiger partial charge in [0, 0.05) is 36.9 Å². The summed E-state index contributed by atoms with van der Waals surface area (Å²) in [5, 5.41) is 2.58. The number of rotatable bonds is 7. The molecule has 62 heavy (non-hydrogen) atoms. The number of fused-ring (bicyclic) bond motifs is 6. The van der Waals surface area contributed by atoms with Crippen molar-refractivity contribution in [1.82, 2.24) is 15.0 Å². The smallest absolute Gasteiger partial charge is 0.164 e. The molecule has 0 N–H and O–H groups in total. The number of benzene rings is 9. The molecule has 1 aliphatic carbocycles. The van der Waals surface area contributed by atoms with Crippen LogP contribution in [0.2, 0.25) is 0 Å². The average molecular weight is 808 g/mol. The Morgan fingerprint density at radius 1 is 0.306 bits per heavy atom. The summed E-state index contributed by atoms with van der Waals surface area (Å²) < 4.78 is 2.59. The highest BCUT2D eigenvalue weighted by Crippen LogP contribution is 2.58. The third-order valence-electron chi connectivity index (χ3n) is 12.5. The second-order valence-electron chi connectivity index (χ2n) is 15.8. The van der Waals surface area contributed by atoms with Gasteiger partial charge in [-0.15, -0.1) is 11.3 Å². The van der Waals surface area contributed by atoms with E-state index < -0.39 is 5.41 Å². The molecule has 0 amide bonds. The predicted molar refractivity (Wildman–Crippen MR) is 257 cm³/mol. The van der Waals surface area contributed by atoms with E-state index in [9.17, 15) is 0 Å². The van der Waals surface area contributed by atoms with Gasteiger partial charge in [-0.1, -0.05) is 218 Å². The first-order valence-corrected chi connectivity index (χ1v) is 21.8. The molecule has 0 radical (unpaired) electrons. The summed E-state index contributed by atoms with van der Waals surface area (Å²) in [6.45, 7) is 0. The van der Waals surface area contributed by atoms with E-state index >= 15 is 0 Å². The SMILES string of the molecule is c1ccc(-c2ccccc2-c2nc(-c3ccc(-c4cccc5c4sc4ccccc45)cc3)nc(-c3cccc4c3C(c3ccccc3)(c3ccccc3)c3ccccc3-4)n2)cc1. The molecule has 0 bridgehead atoms. The normalized spacial score (nSPS) is 12.6. The standard InChI is InChI=1S/C58H37N3S/c1-4-18-38(19-5-1)43-24-10-11-27-49(43)56-59-55(40-36-34-39(35-37-40)44-28-16-30-48-46-26-13-15-33-52(46)62-54(44)48)60-57(61-56)50-31-17-29-47-45-25-12-14-32-51(45)58(53(47)50,41-20-6-2-7-21-41)42-22-8-3-9-23-42/h1-37H. The summed E-state index contributed by atoms with van der Waals surface area (Å²) >= 11 is 1.85. The Bertz CT molecular complexity index is 3410. The molecule has 2 aromatic heterocycles. The van der Waals surface area contributed by atoms with Crippen molar-refractivity contribution in [2.45, 2.75) is 5.41 Å². The van der Waals surface area contributed by atoms with Crippen LogP contribution in [0.3, 0.4) is 0 Å². The van der Waals surface area contributed by atoms with Crippen LogP contribution in [-0.2, 0) is 5.41 Å². The van der Waals surface area contributed by atoms with Crippen molar-refractivity contribution in [3.05, 3.63) is 247 Å². The lowest BCUT2D eigenvalue weighted by molar-refractivity contribution is 0.769. The lowest BCUT2D eigenvalue weighted by atomic mass is 9.66. The third-order valence-corrected chi connectivity index (χ3v) is 13.7. The van der Waals surface area contributed by atoms with Gasteiger partial charge in [0.2, 0.25) is 0 Å². The molecule has 0 fully saturated rings. The minimum atomic E-state index is -0.630. The number of hydrogen-bond donors (Lipinski definition) is 0. The van der Waals surface area contributed by atoms with Crippen LogP contribution in [0.25, 0.3) is 87.7 Å². The quantitative estimate of drug-likeness (QED) is 0.161. The van der Waals surface area contributed by atoms with Gasteiger partial charge >= 0.3 is 0 Å². The molecule has 12 rings (SSSR count). The fourth-order valence-corrected chi connectivity index (χ4v) is 11.0. The minimum absolute atomic E-state index is 0.623. The Labute approximate surface area is 364 Å². The van der Waals surface area contributed by atoms with E-state index in [2.05, 4.69) is 224 Å². The highest BCUT2D eigenvalue weighted by molar-refractivity contribution is 7.26. The number of hydrogen-bond acceptors (Lipinski definition) is 4. The van der Waals surface area contributed by atoms with Crippen LogP contribution in [-0.4, -0.2) is 15.0 Å². The second kappa shape index (κ2) is 14.7. The topological polar surface area (TPSA) is 38.7 Å². The van der Waals surface area contributed by atoms with Gasteiger partial charge in [0.25, 0.3) is 0 Å². The molecule has 11 aromatic rings. The zero-order valence-corrected chi connectivity index (χ0v) is 34.4. The largest absolute Gasteiger partial charge is 0.208 e. The molecule has 0 aliphatic heterocycles. The van der Waals surface area contributed by atoms with Gasteiger partial charge in [-0.3, -0.25) is 0 Å². The first kappa shape index (κ1) is 36.1. The molecule has 0 atom stereocenters. The van der Waals surface area contributed by atoms with Gasteiger partial charge in [-0.25, -0.2) is 15.0 Å². The summed E-state index contributed by atoms with van der Waals surface area (Å²) in [6.07, 6.45) is 0. The van der Waals surface area contributed by atoms with Crippen molar-refractivity contribution >= 4 is 31.5 Å². The minimum Gasteiger partial charge on any atom is -0.208 e. The van der Waals surface area contributed by atoms with Crippen molar-refractivity contribution < 1.29 is 0 Å². The van der Waals surface area contributed by atoms with Crippen LogP contribution in [0, 0.1) is 0 Å². The Hall–Kier alpha value is -7.79. The van der Waals surface area contributed by atoms with Crippen LogP contribution in [0.4, 0.5) is 0 Å². The summed E-state index contributed by atoms with van der Waals surface area (Å²) in [5.41, 5.74) is 14.0. The van der Waals surface area contributed by atoms with Crippen molar-refractivity contribution in [1.29, 1.82) is 0 Å². The van der Waals surface area contributed by atoms with Gasteiger partial charge in [0.15, 0.2) is 17.5 Å². The van der Waals surface area contributed by atoms with E-state index in [1.165, 1.54) is 59.1 Å². The lowest BCUT2D eigenvalue weighted by Gasteiger charge is -2.35. The summed E-state index contributed by atoms with van der Waals surface area (Å²) in [7, 11) is 0. The first-order valence-electron chi connectivity index (χ1n) is 21.0. The van der Waals surface area contributed by atoms with Crippen molar-refractivity contribution in [3.63, 3.8) is 0 Å². The van der Waals surface area contributed by atoms with Gasteiger partial charge in [0.05, 0.1) is 5.41 Å². The first-order chi connectivity index (χ1) is 30.8. The van der Waals surface area contributed by atoms with Gasteiger partial charge in [-0.05, 0) is 61.7 Å². The van der Waals surface area contributed by atoms with Gasteiger partial charge < -0.3 is 0 Å². The Kier molecular flexibility index (Phi) is 8.58. The molecule has 0 unspecified atom stereocenters. The average Bonchev–Trinajstić information content (AvgIpc) is 3.89. The maximum absolute atomic E-state index is 5.48. The Balaban J connectivity index is 1.10. The molecule has 290 valence electrons. The number of thiophene rings is 1. The maximum Gasteiger partial charge on any atom is 0.164 e. The maximum atomic E-state index is 5.48. The molecule has 4 heteroatoms. The molecule has 2 heterocycles. The summed E-state index contributed by atoms with van der Waals surface area (Å²) in [5.74, 6) is 1.88. The van der Waals surface area contributed by atoms with Gasteiger partial charge in [-0.2, -0.15) is 0 Å². The molecule has 0 saturated heterocycles. The number of nitrogens with zero attached hydrogens (tertiary/aromatic N) is 3. The van der Waals surface area contributed by atoms with E-state index in [1.54, 1.807) is 0 Å². The van der Waals surface area contributed by atoms with Crippen molar-refractivity contribution in [2.75, 3.05) is 0 Å². The van der Waals surface area contributed by atoms with Crippen LogP contribution >= 0.6 is 11.3 Å². The zero-order chi connectivity index (χ0) is 41.0. The lowest BCUT2D eigenvalue weighted by Crippen LogP contribution is -2.29. The van der Waals surface area contributed by atoms with Crippen LogP contribution in [0.5, 0.6) is 0 Å². The monoisotopic (exact) mass is 807 g/mol. The van der Waals surface area contributed by atoms with E-state index in [0.29, 0.717) is 17.5 Å². The molecule has 3 nitrogen and oxygen atoms in total. The Morgan fingerprint density at radius 3 is 1.53 bits per heavy atom. The summed E-state index contributed by atoms with van der Waals surface area (Å²) in [6, 6.07) is 80.3. The van der Waals surface area contributed by atoms with E-state index in [4.69, 9.17) is 15.0 Å². The molecular weight excluding hydrogens is 771 g/mol. The fourth-order valence-electron chi connectivity index (χ4n) is 9.76. The highest BCUT2D eigenvalue weighted by Gasteiger charge is 2.47. The van der Waals surface area contributed by atoms with Gasteiger partial charge in [0.1, 0.15) is 0 Å². The number of aromatic nitrogens is 3. The molecule has 0 spiro atoms. The molecule has 1 aliphatic rings. The summed E-state index contributed by atoms with van der Waals surface area (Å²) in [4.78, 5) is 16.3. The van der Waals surface area contributed by atoms with E-state index in [-0.39, 0.29) is 0 Å². The fraction of sp³-hybridized carbons (Fsp3) is 0.0172. The van der Waals surface area contributed by atoms with Crippen LogP contribution < -0.4 is 0 Å². The van der Waals surface area contributed by atoms with Crippen molar-refractivity contribution in [2.24, 2.45) is 0 Å². The zero-order valence-electron chi connectivity index (χ0n) is 33.6. The predicted octanol–water partition coefficient (Wildman–Crippen LogP) is 14.9.